The molecule has 134 heavy (non-hydrogen) atoms. The average Bonchev–Trinajstić information content (AvgIpc) is 1.76. The second-order valence-corrected chi connectivity index (χ2v) is 33.4. The number of benzene rings is 4. The molecule has 2 unspecified atom stereocenters. The van der Waals surface area contributed by atoms with E-state index >= 15 is 0 Å². The first-order valence-electron chi connectivity index (χ1n) is 45.3. The first-order chi connectivity index (χ1) is 64.3. The van der Waals surface area contributed by atoms with Crippen molar-refractivity contribution < 1.29 is 114 Å². The van der Waals surface area contributed by atoms with Gasteiger partial charge in [-0.05, 0) is 144 Å². The number of unbranched alkanes of at least 4 members (excludes halogenated alkanes) is 11. The number of hydrogen-bond acceptors (Lipinski definition) is 28. The second-order valence-electron chi connectivity index (χ2n) is 33.4. The number of aromatic carboxylic acids is 1. The molecule has 6 aromatic rings. The number of carboxylic acids is 2. The highest BCUT2D eigenvalue weighted by molar-refractivity contribution is 6.26. The molecule has 2 saturated carbocycles. The van der Waals surface area contributed by atoms with E-state index in [0.29, 0.717) is 84.1 Å². The average molecular weight is 1860 g/mol. The van der Waals surface area contributed by atoms with Crippen molar-refractivity contribution in [2.45, 2.75) is 236 Å². The number of ketones is 1. The number of likely N-dealkylation sites (N-methyl/N-ethyl adjacent to an activating group) is 2. The number of piperidine rings is 2. The zero-order valence-corrected chi connectivity index (χ0v) is 75.7. The van der Waals surface area contributed by atoms with Crippen LogP contribution in [0.25, 0.3) is 0 Å². The molecule has 6 aliphatic heterocycles. The van der Waals surface area contributed by atoms with Crippen LogP contribution in [0.2, 0.25) is 0 Å². The Morgan fingerprint density at radius 3 is 1.34 bits per heavy atom. The molecule has 4 atom stereocenters. The SMILES string of the molecule is CC[C@@H]1C(=O)N(C)c2cnc(Nc3ccc(C(=O)NCCCCCCCCNC(=O)COc4cccc5c4C(=O)N(C4CCC(=O)NC4=O)C5=O)cc3OC)nc2N1C1CCCC1.CC[C@@H]1C(=O)N(C)c2cnc(Nc3ccc(C(=O)O)cc3OC)nc2N1C1CCCC1.NCCCCCCCCCC(=O)COc1cccc2c1C(=O)N(C1CCC(=O)NC1=O)C2=O.O=C(O)C(F)(F)F. The van der Waals surface area contributed by atoms with Crippen molar-refractivity contribution in [3.05, 3.63) is 119 Å². The smallest absolute Gasteiger partial charge is 0.490 e. The fraction of sp³-hybridized carbons (Fsp3) is 0.495. The summed E-state index contributed by atoms with van der Waals surface area (Å²) in [5.74, 6) is -5.89. The summed E-state index contributed by atoms with van der Waals surface area (Å²) in [5, 5.41) is 32.9. The highest BCUT2D eigenvalue weighted by Crippen LogP contribution is 2.44. The molecule has 41 heteroatoms. The molecule has 718 valence electrons. The normalized spacial score (nSPS) is 18.1. The number of hydrogen-bond donors (Lipinski definition) is 9. The summed E-state index contributed by atoms with van der Waals surface area (Å²) in [6.07, 6.45) is 21.6. The number of Topliss-reactive ketones (excluding diaryl/α,β-unsaturated/α-hetero) is 1. The van der Waals surface area contributed by atoms with Gasteiger partial charge in [-0.2, -0.15) is 23.1 Å². The predicted molar refractivity (Wildman–Crippen MR) is 483 cm³/mol. The number of carbonyl (C=O) groups excluding carboxylic acids is 13. The van der Waals surface area contributed by atoms with Gasteiger partial charge in [0, 0.05) is 64.1 Å². The number of halogens is 3. The lowest BCUT2D eigenvalue weighted by molar-refractivity contribution is -0.192. The maximum atomic E-state index is 13.3. The summed E-state index contributed by atoms with van der Waals surface area (Å²) < 4.78 is 54.0. The second kappa shape index (κ2) is 47.0. The highest BCUT2D eigenvalue weighted by atomic mass is 19.4. The van der Waals surface area contributed by atoms with Gasteiger partial charge in [0.15, 0.2) is 24.0 Å². The molecule has 4 fully saturated rings. The number of nitrogens with one attached hydrogen (secondary N) is 6. The number of nitrogens with zero attached hydrogens (tertiary/aromatic N) is 10. The number of aliphatic carboxylic acids is 1. The first kappa shape index (κ1) is 101. The topological polar surface area (TPSA) is 503 Å². The van der Waals surface area contributed by atoms with Gasteiger partial charge in [0.05, 0.1) is 65.8 Å². The van der Waals surface area contributed by atoms with Gasteiger partial charge < -0.3 is 75.8 Å². The molecule has 2 aromatic heterocycles. The number of alkyl halides is 3. The molecule has 38 nitrogen and oxygen atoms in total. The van der Waals surface area contributed by atoms with E-state index in [9.17, 15) is 85.4 Å². The van der Waals surface area contributed by atoms with E-state index in [1.165, 1.54) is 49.6 Å². The van der Waals surface area contributed by atoms with Crippen LogP contribution in [0.3, 0.4) is 0 Å². The van der Waals surface area contributed by atoms with Crippen LogP contribution in [0.5, 0.6) is 23.0 Å². The van der Waals surface area contributed by atoms with Crippen LogP contribution in [-0.2, 0) is 43.2 Å². The van der Waals surface area contributed by atoms with Crippen LogP contribution in [0.15, 0.2) is 85.2 Å². The van der Waals surface area contributed by atoms with Gasteiger partial charge in [0.2, 0.25) is 47.3 Å². The number of carbonyl (C=O) groups is 15. The fourth-order valence-corrected chi connectivity index (χ4v) is 17.5. The van der Waals surface area contributed by atoms with E-state index in [0.717, 1.165) is 163 Å². The molecule has 8 aliphatic rings. The van der Waals surface area contributed by atoms with Gasteiger partial charge in [-0.1, -0.05) is 109 Å². The van der Waals surface area contributed by atoms with Gasteiger partial charge in [-0.15, -0.1) is 0 Å². The largest absolute Gasteiger partial charge is 0.495 e. The Morgan fingerprint density at radius 1 is 0.515 bits per heavy atom. The van der Waals surface area contributed by atoms with E-state index < -0.39 is 77.5 Å². The summed E-state index contributed by atoms with van der Waals surface area (Å²) in [6.45, 7) is 5.21. The lowest BCUT2D eigenvalue weighted by atomic mass is 10.0. The third-order valence-electron chi connectivity index (χ3n) is 24.5. The molecule has 0 radical (unpaired) electrons. The Labute approximate surface area is 771 Å². The Kier molecular flexibility index (Phi) is 35.4. The minimum Gasteiger partial charge on any atom is -0.495 e. The molecule has 2 aliphatic carbocycles. The number of anilines is 8. The molecule has 14 rings (SSSR count). The lowest BCUT2D eigenvalue weighted by Crippen LogP contribution is -2.55. The van der Waals surface area contributed by atoms with Crippen molar-refractivity contribution >= 4 is 135 Å². The van der Waals surface area contributed by atoms with Crippen LogP contribution in [0, 0.1) is 0 Å². The van der Waals surface area contributed by atoms with Gasteiger partial charge in [0.25, 0.3) is 35.4 Å². The number of methoxy groups -OCH3 is 2. The lowest BCUT2D eigenvalue weighted by Gasteiger charge is -2.43. The van der Waals surface area contributed by atoms with E-state index in [1.807, 2.05) is 13.8 Å². The Hall–Kier alpha value is -13.8. The number of fused-ring (bicyclic) bond motifs is 4. The Bertz CT molecular complexity index is 5380. The monoisotopic (exact) mass is 1860 g/mol. The molecule has 0 spiro atoms. The number of carboxylic acid groups (broad SMARTS) is 2. The number of rotatable bonds is 38. The number of aromatic nitrogens is 4. The third kappa shape index (κ3) is 24.6. The number of ether oxygens (including phenoxy) is 4. The summed E-state index contributed by atoms with van der Waals surface area (Å²) >= 11 is 0. The Balaban J connectivity index is 0.000000203. The van der Waals surface area contributed by atoms with Gasteiger partial charge >= 0.3 is 18.1 Å². The third-order valence-corrected chi connectivity index (χ3v) is 24.5. The van der Waals surface area contributed by atoms with Crippen molar-refractivity contribution in [3.63, 3.8) is 0 Å². The van der Waals surface area contributed by atoms with E-state index in [4.69, 9.17) is 44.6 Å². The van der Waals surface area contributed by atoms with E-state index in [-0.39, 0.29) is 132 Å². The number of amides is 12. The van der Waals surface area contributed by atoms with Gasteiger partial charge in [0.1, 0.15) is 65.1 Å². The molecule has 10 N–H and O–H groups in total. The molecular weight excluding hydrogens is 1750 g/mol. The first-order valence-corrected chi connectivity index (χ1v) is 45.3. The van der Waals surface area contributed by atoms with Crippen molar-refractivity contribution in [3.8, 4) is 23.0 Å². The van der Waals surface area contributed by atoms with Crippen LogP contribution >= 0.6 is 0 Å². The summed E-state index contributed by atoms with van der Waals surface area (Å²) in [5.41, 5.74) is 8.87. The fourth-order valence-electron chi connectivity index (χ4n) is 17.5. The highest BCUT2D eigenvalue weighted by Gasteiger charge is 2.50. The van der Waals surface area contributed by atoms with E-state index in [1.54, 1.807) is 73.7 Å². The van der Waals surface area contributed by atoms with Crippen LogP contribution in [0.1, 0.15) is 256 Å². The summed E-state index contributed by atoms with van der Waals surface area (Å²) in [4.78, 5) is 212. The zero-order chi connectivity index (χ0) is 96.6. The van der Waals surface area contributed by atoms with Crippen LogP contribution in [0.4, 0.5) is 59.5 Å². The number of nitrogens with two attached hydrogens (primary N) is 1. The van der Waals surface area contributed by atoms with Crippen molar-refractivity contribution in [2.24, 2.45) is 5.73 Å². The molecule has 2 saturated heterocycles. The number of imide groups is 4. The minimum atomic E-state index is -5.08. The maximum absolute atomic E-state index is 13.3. The van der Waals surface area contributed by atoms with E-state index in [2.05, 4.69) is 51.7 Å². The van der Waals surface area contributed by atoms with Crippen molar-refractivity contribution in [1.29, 1.82) is 0 Å². The van der Waals surface area contributed by atoms with Crippen LogP contribution in [-0.4, -0.2) is 232 Å². The molecule has 4 aromatic carbocycles. The van der Waals surface area contributed by atoms with Crippen molar-refractivity contribution in [1.82, 2.24) is 51.0 Å². The Morgan fingerprint density at radius 2 is 0.925 bits per heavy atom. The summed E-state index contributed by atoms with van der Waals surface area (Å²) in [7, 11) is 6.56. The standard InChI is InChI=1S/C45H55N9O9.C24H31N3O6.C22H27N5O4.C2HF3O2/c1-4-31-43(60)52(2)33-25-48-45(51-39(33)53(31)28-14-9-10-15-28)49-30-19-18-27(24-35(30)62-3)40(57)47-23-12-8-6-5-7-11-22-46-37(56)26-63-34-17-13-16-29-38(34)44(61)54(42(29)59)32-20-21-36(55)50-41(32)58;25-14-7-5-3-1-2-4-6-9-16(28)15-33-19-11-8-10-17-21(19)24(32)27(23(17)31)18-12-13-20(29)26-22(18)30;1-4-16-20(28)26(2)17-12-23-22(25-19(17)27(16)14-7-5-6-8-14)24-15-10-9-13(21(29)30)11-18(15)31-3;3-2(4,5)1(6)7/h13,16-19,24-25,28,31-32H,4-12,14-15,20-23,26H2,1-3H3,(H,46,56)(H,47,57)(H,48,49,51)(H,50,55,58);8,10-11,18H,1-7,9,12-15,25H2,(H,26,29,30);9-12,14,16H,4-8H2,1-3H3,(H,29,30)(H,23,24,25);(H,6,7)/t31-,32?;;16-;/m1.1./s1. The molecule has 12 amide bonds. The molecule has 0 bridgehead atoms. The predicted octanol–water partition coefficient (Wildman–Crippen LogP) is 10.6. The maximum Gasteiger partial charge on any atom is 0.490 e. The molecule has 8 heterocycles. The zero-order valence-electron chi connectivity index (χ0n) is 75.7. The van der Waals surface area contributed by atoms with Crippen molar-refractivity contribution in [2.75, 3.05) is 91.4 Å². The van der Waals surface area contributed by atoms with Gasteiger partial charge in [-0.3, -0.25) is 82.8 Å². The summed E-state index contributed by atoms with van der Waals surface area (Å²) in [6, 6.07) is 16.7. The quantitative estimate of drug-likeness (QED) is 0.0128. The van der Waals surface area contributed by atoms with Gasteiger partial charge in [-0.25, -0.2) is 19.6 Å². The molecular formula is C93H114F3N17O21. The minimum absolute atomic E-state index is 0.00879. The van der Waals surface area contributed by atoms with Crippen LogP contribution < -0.4 is 76.2 Å².